The van der Waals surface area contributed by atoms with Gasteiger partial charge >= 0.3 is 0 Å². The maximum Gasteiger partial charge on any atom is 0.140 e. The number of aromatic hydroxyl groups is 1. The molecular weight excluding hydrogens is 200 g/mol. The number of hydrogen-bond donors (Lipinski definition) is 2. The van der Waals surface area contributed by atoms with Gasteiger partial charge in [0, 0.05) is 6.04 Å². The molecule has 1 fully saturated rings. The maximum absolute atomic E-state index is 9.78. The predicted molar refractivity (Wildman–Crippen MR) is 66.0 cm³/mol. The largest absolute Gasteiger partial charge is 0.506 e. The minimum Gasteiger partial charge on any atom is -0.506 e. The summed E-state index contributed by atoms with van der Waals surface area (Å²) in [6.45, 7) is 5.81. The van der Waals surface area contributed by atoms with Crippen LogP contribution in [0.3, 0.4) is 0 Å². The van der Waals surface area contributed by atoms with E-state index in [0.29, 0.717) is 17.5 Å². The van der Waals surface area contributed by atoms with Crippen molar-refractivity contribution in [3.8, 4) is 5.75 Å². The van der Waals surface area contributed by atoms with Crippen LogP contribution in [-0.4, -0.2) is 16.1 Å². The van der Waals surface area contributed by atoms with Crippen LogP contribution in [0.2, 0.25) is 0 Å². The summed E-state index contributed by atoms with van der Waals surface area (Å²) in [6.07, 6.45) is 5.10. The molecule has 0 aromatic carbocycles. The topological polar surface area (TPSA) is 45.2 Å². The number of hydrogen-bond acceptors (Lipinski definition) is 3. The predicted octanol–water partition coefficient (Wildman–Crippen LogP) is 3.07. The van der Waals surface area contributed by atoms with Crippen molar-refractivity contribution < 1.29 is 5.11 Å². The first-order chi connectivity index (χ1) is 7.59. The van der Waals surface area contributed by atoms with Gasteiger partial charge in [-0.05, 0) is 44.7 Å². The van der Waals surface area contributed by atoms with Crippen LogP contribution in [-0.2, 0) is 0 Å². The highest BCUT2D eigenvalue weighted by Crippen LogP contribution is 2.29. The van der Waals surface area contributed by atoms with E-state index in [4.69, 9.17) is 0 Å². The molecule has 3 nitrogen and oxygen atoms in total. The van der Waals surface area contributed by atoms with E-state index in [1.807, 2.05) is 20.8 Å². The Morgan fingerprint density at radius 2 is 1.75 bits per heavy atom. The lowest BCUT2D eigenvalue weighted by molar-refractivity contribution is 0.462. The normalized spacial score (nSPS) is 16.7. The standard InChI is InChI=1S/C13H20N2O/c1-8-9(2)13(14-10(3)12(8)16)15-11-6-4-5-7-11/h11,16H,4-7H2,1-3H3,(H,14,15). The van der Waals surface area contributed by atoms with Gasteiger partial charge < -0.3 is 10.4 Å². The van der Waals surface area contributed by atoms with Gasteiger partial charge in [-0.3, -0.25) is 0 Å². The van der Waals surface area contributed by atoms with E-state index in [-0.39, 0.29) is 0 Å². The summed E-state index contributed by atoms with van der Waals surface area (Å²) in [5.41, 5.74) is 2.71. The van der Waals surface area contributed by atoms with Crippen molar-refractivity contribution in [1.82, 2.24) is 4.98 Å². The summed E-state index contributed by atoms with van der Waals surface area (Å²) in [5.74, 6) is 1.27. The molecule has 1 saturated carbocycles. The summed E-state index contributed by atoms with van der Waals surface area (Å²) < 4.78 is 0. The van der Waals surface area contributed by atoms with Crippen molar-refractivity contribution in [2.75, 3.05) is 5.32 Å². The van der Waals surface area contributed by atoms with Gasteiger partial charge in [0.2, 0.25) is 0 Å². The Morgan fingerprint density at radius 3 is 2.38 bits per heavy atom. The van der Waals surface area contributed by atoms with Gasteiger partial charge in [-0.1, -0.05) is 12.8 Å². The highest BCUT2D eigenvalue weighted by Gasteiger charge is 2.17. The average molecular weight is 220 g/mol. The zero-order chi connectivity index (χ0) is 11.7. The first kappa shape index (κ1) is 11.2. The monoisotopic (exact) mass is 220 g/mol. The fraction of sp³-hybridized carbons (Fsp3) is 0.615. The molecule has 2 rings (SSSR count). The number of rotatable bonds is 2. The van der Waals surface area contributed by atoms with Gasteiger partial charge in [-0.2, -0.15) is 0 Å². The highest BCUT2D eigenvalue weighted by molar-refractivity contribution is 5.54. The first-order valence-corrected chi connectivity index (χ1v) is 6.03. The Kier molecular flexibility index (Phi) is 3.03. The molecule has 0 spiro atoms. The first-order valence-electron chi connectivity index (χ1n) is 6.03. The molecule has 2 N–H and O–H groups in total. The third kappa shape index (κ3) is 1.99. The van der Waals surface area contributed by atoms with Gasteiger partial charge in [-0.25, -0.2) is 4.98 Å². The molecule has 0 saturated heterocycles. The maximum atomic E-state index is 9.78. The molecule has 1 heterocycles. The number of aryl methyl sites for hydroxylation is 1. The molecule has 0 amide bonds. The van der Waals surface area contributed by atoms with E-state index in [1.54, 1.807) is 0 Å². The fourth-order valence-electron chi connectivity index (χ4n) is 2.34. The van der Waals surface area contributed by atoms with Crippen LogP contribution < -0.4 is 5.32 Å². The second-order valence-corrected chi connectivity index (χ2v) is 4.77. The second-order valence-electron chi connectivity index (χ2n) is 4.77. The number of aromatic nitrogens is 1. The number of pyridine rings is 1. The molecule has 0 aliphatic heterocycles. The Labute approximate surface area is 96.9 Å². The van der Waals surface area contributed by atoms with Crippen LogP contribution in [0, 0.1) is 20.8 Å². The molecule has 0 unspecified atom stereocenters. The summed E-state index contributed by atoms with van der Waals surface area (Å²) in [6, 6.07) is 0.564. The lowest BCUT2D eigenvalue weighted by Gasteiger charge is -2.17. The Hall–Kier alpha value is -1.25. The van der Waals surface area contributed by atoms with Gasteiger partial charge in [0.25, 0.3) is 0 Å². The van der Waals surface area contributed by atoms with Crippen molar-refractivity contribution >= 4 is 5.82 Å². The molecule has 16 heavy (non-hydrogen) atoms. The fourth-order valence-corrected chi connectivity index (χ4v) is 2.34. The molecule has 1 aliphatic carbocycles. The molecule has 1 aliphatic rings. The molecule has 1 aromatic heterocycles. The molecule has 0 atom stereocenters. The van der Waals surface area contributed by atoms with Gasteiger partial charge in [-0.15, -0.1) is 0 Å². The molecule has 88 valence electrons. The second kappa shape index (κ2) is 4.32. The van der Waals surface area contributed by atoms with E-state index in [2.05, 4.69) is 10.3 Å². The van der Waals surface area contributed by atoms with E-state index in [1.165, 1.54) is 25.7 Å². The van der Waals surface area contributed by atoms with Crippen LogP contribution >= 0.6 is 0 Å². The van der Waals surface area contributed by atoms with Crippen LogP contribution in [0.1, 0.15) is 42.5 Å². The van der Waals surface area contributed by atoms with Crippen LogP contribution in [0.5, 0.6) is 5.75 Å². The Bertz CT molecular complexity index is 395. The van der Waals surface area contributed by atoms with Crippen molar-refractivity contribution in [1.29, 1.82) is 0 Å². The summed E-state index contributed by atoms with van der Waals surface area (Å²) in [5, 5.41) is 13.3. The summed E-state index contributed by atoms with van der Waals surface area (Å²) >= 11 is 0. The minimum atomic E-state index is 0.328. The zero-order valence-corrected chi connectivity index (χ0v) is 10.3. The highest BCUT2D eigenvalue weighted by atomic mass is 16.3. The molecule has 1 aromatic rings. The van der Waals surface area contributed by atoms with E-state index in [0.717, 1.165) is 16.9 Å². The third-order valence-electron chi connectivity index (χ3n) is 3.59. The molecule has 0 bridgehead atoms. The molecule has 3 heteroatoms. The third-order valence-corrected chi connectivity index (χ3v) is 3.59. The van der Waals surface area contributed by atoms with Crippen LogP contribution in [0.25, 0.3) is 0 Å². The zero-order valence-electron chi connectivity index (χ0n) is 10.3. The van der Waals surface area contributed by atoms with Gasteiger partial charge in [0.15, 0.2) is 0 Å². The van der Waals surface area contributed by atoms with Crippen LogP contribution in [0.4, 0.5) is 5.82 Å². The lowest BCUT2D eigenvalue weighted by Crippen LogP contribution is -2.17. The smallest absolute Gasteiger partial charge is 0.140 e. The van der Waals surface area contributed by atoms with Crippen molar-refractivity contribution in [3.63, 3.8) is 0 Å². The Balaban J connectivity index is 2.26. The van der Waals surface area contributed by atoms with Gasteiger partial charge in [0.1, 0.15) is 11.6 Å². The lowest BCUT2D eigenvalue weighted by atomic mass is 10.1. The minimum absolute atomic E-state index is 0.328. The van der Waals surface area contributed by atoms with E-state index in [9.17, 15) is 5.11 Å². The van der Waals surface area contributed by atoms with E-state index < -0.39 is 0 Å². The number of anilines is 1. The number of nitrogens with zero attached hydrogens (tertiary/aromatic N) is 1. The Morgan fingerprint density at radius 1 is 1.12 bits per heavy atom. The SMILES string of the molecule is Cc1nc(NC2CCCC2)c(C)c(C)c1O. The summed E-state index contributed by atoms with van der Waals surface area (Å²) in [7, 11) is 0. The van der Waals surface area contributed by atoms with Gasteiger partial charge in [0.05, 0.1) is 5.69 Å². The van der Waals surface area contributed by atoms with Crippen LogP contribution in [0.15, 0.2) is 0 Å². The van der Waals surface area contributed by atoms with E-state index >= 15 is 0 Å². The molecule has 0 radical (unpaired) electrons. The van der Waals surface area contributed by atoms with Crippen molar-refractivity contribution in [3.05, 3.63) is 16.8 Å². The number of nitrogens with one attached hydrogen (secondary N) is 1. The average Bonchev–Trinajstić information content (AvgIpc) is 2.76. The van der Waals surface area contributed by atoms with Crippen molar-refractivity contribution in [2.24, 2.45) is 0 Å². The quantitative estimate of drug-likeness (QED) is 0.805. The molecular formula is C13H20N2O. The van der Waals surface area contributed by atoms with Crippen molar-refractivity contribution in [2.45, 2.75) is 52.5 Å². The summed E-state index contributed by atoms with van der Waals surface area (Å²) in [4.78, 5) is 4.44.